The minimum atomic E-state index is -4.23. The van der Waals surface area contributed by atoms with Gasteiger partial charge in [0.25, 0.3) is 6.40 Å². The Bertz CT molecular complexity index is 645. The van der Waals surface area contributed by atoms with Gasteiger partial charge >= 0.3 is 7.12 Å². The van der Waals surface area contributed by atoms with Gasteiger partial charge in [-0.2, -0.15) is 0 Å². The molecule has 0 saturated carbocycles. The van der Waals surface area contributed by atoms with Crippen LogP contribution in [0.1, 0.15) is 46.5 Å². The average molecular weight is 259 g/mol. The minimum Gasteiger partial charge on any atom is -0.399 e. The molecule has 2 rings (SSSR count). The summed E-state index contributed by atoms with van der Waals surface area (Å²) in [5.74, 6) is 0. The molecule has 0 amide bonds. The molecule has 0 bridgehead atoms. The summed E-state index contributed by atoms with van der Waals surface area (Å²) in [6, 6.07) is -3.23. The quantitative estimate of drug-likeness (QED) is 0.760. The second-order valence-corrected chi connectivity index (χ2v) is 5.14. The van der Waals surface area contributed by atoms with Crippen LogP contribution in [-0.4, -0.2) is 18.3 Å². The fraction of sp³-hybridized carbons (Fsp3) is 0.538. The van der Waals surface area contributed by atoms with E-state index in [-0.39, 0.29) is 5.46 Å². The molecule has 18 heavy (non-hydrogen) atoms. The Balaban J connectivity index is 2.68. The van der Waals surface area contributed by atoms with Gasteiger partial charge in [0.15, 0.2) is 0 Å². The average Bonchev–Trinajstić information content (AvgIpc) is 2.53. The lowest BCUT2D eigenvalue weighted by molar-refractivity contribution is 0.00578. The standard InChI is InChI=1S/C13H17BF2O2/c1-12(2)13(3,4)18-14(17-12)10-7-5-6-9(8-10)11(15)16/h5-8,11H,1-4H3/i5D,6D,7D,8D,11D. The second-order valence-electron chi connectivity index (χ2n) is 5.14. The highest BCUT2D eigenvalue weighted by molar-refractivity contribution is 6.62. The fourth-order valence-electron chi connectivity index (χ4n) is 1.53. The number of halogens is 2. The van der Waals surface area contributed by atoms with Crippen molar-refractivity contribution in [2.75, 3.05) is 0 Å². The van der Waals surface area contributed by atoms with Gasteiger partial charge in [0, 0.05) is 5.56 Å². The van der Waals surface area contributed by atoms with E-state index in [0.29, 0.717) is 0 Å². The summed E-state index contributed by atoms with van der Waals surface area (Å²) in [4.78, 5) is 0. The van der Waals surface area contributed by atoms with Crippen LogP contribution in [-0.2, 0) is 9.31 Å². The van der Waals surface area contributed by atoms with Crippen molar-refractivity contribution in [3.05, 3.63) is 29.7 Å². The molecule has 0 spiro atoms. The number of benzene rings is 1. The number of rotatable bonds is 2. The highest BCUT2D eigenvalue weighted by atomic mass is 19.3. The molecule has 2 nitrogen and oxygen atoms in total. The van der Waals surface area contributed by atoms with Crippen molar-refractivity contribution in [2.45, 2.75) is 45.3 Å². The van der Waals surface area contributed by atoms with Gasteiger partial charge in [-0.05, 0) is 33.2 Å². The Kier molecular flexibility index (Phi) is 1.98. The first kappa shape index (κ1) is 8.28. The van der Waals surface area contributed by atoms with E-state index in [9.17, 15) is 8.78 Å². The summed E-state index contributed by atoms with van der Waals surface area (Å²) in [6.07, 6.45) is -4.23. The van der Waals surface area contributed by atoms with Gasteiger partial charge < -0.3 is 9.31 Å². The van der Waals surface area contributed by atoms with E-state index in [4.69, 9.17) is 16.2 Å². The molecule has 0 aliphatic carbocycles. The number of hydrogen-bond acceptors (Lipinski definition) is 2. The lowest BCUT2D eigenvalue weighted by Crippen LogP contribution is -2.41. The SMILES string of the molecule is [2H]c1c([2H])c(B2OC(C)(C)C(C)(C)O2)c([2H])c(C([2H])(F)F)c1[2H]. The van der Waals surface area contributed by atoms with E-state index in [1.165, 1.54) is 0 Å². The maximum absolute atomic E-state index is 13.5. The first-order valence-electron chi connectivity index (χ1n) is 8.05. The van der Waals surface area contributed by atoms with Gasteiger partial charge in [0.2, 0.25) is 0 Å². The molecule has 1 aliphatic rings. The van der Waals surface area contributed by atoms with Crippen LogP contribution < -0.4 is 5.46 Å². The molecule has 0 aromatic heterocycles. The largest absolute Gasteiger partial charge is 0.494 e. The van der Waals surface area contributed by atoms with Crippen LogP contribution in [0, 0.1) is 0 Å². The number of alkyl halides is 2. The molecule has 0 radical (unpaired) electrons. The normalized spacial score (nSPS) is 26.1. The Morgan fingerprint density at radius 3 is 2.28 bits per heavy atom. The molecular formula is C13H17BF2O2. The Hall–Kier alpha value is -0.935. The summed E-state index contributed by atoms with van der Waals surface area (Å²) in [5, 5.41) is 0. The first-order chi connectivity index (χ1) is 10.2. The van der Waals surface area contributed by atoms with E-state index in [1.54, 1.807) is 27.7 Å². The smallest absolute Gasteiger partial charge is 0.399 e. The molecule has 1 aromatic carbocycles. The van der Waals surface area contributed by atoms with Crippen LogP contribution in [0.3, 0.4) is 0 Å². The van der Waals surface area contributed by atoms with E-state index < -0.39 is 54.5 Å². The zero-order valence-electron chi connectivity index (χ0n) is 15.6. The molecule has 1 aromatic rings. The molecule has 5 heteroatoms. The van der Waals surface area contributed by atoms with Gasteiger partial charge in [0.1, 0.15) is 1.37 Å². The third kappa shape index (κ3) is 2.29. The number of hydrogen-bond donors (Lipinski definition) is 0. The molecule has 1 fully saturated rings. The highest BCUT2D eigenvalue weighted by Crippen LogP contribution is 2.36. The van der Waals surface area contributed by atoms with Crippen molar-refractivity contribution in [1.29, 1.82) is 0 Å². The van der Waals surface area contributed by atoms with Crippen molar-refractivity contribution in [1.82, 2.24) is 0 Å². The third-order valence-corrected chi connectivity index (χ3v) is 3.32. The van der Waals surface area contributed by atoms with Crippen LogP contribution in [0.5, 0.6) is 0 Å². The summed E-state index contributed by atoms with van der Waals surface area (Å²) >= 11 is 0. The third-order valence-electron chi connectivity index (χ3n) is 3.32. The van der Waals surface area contributed by atoms with Crippen LogP contribution >= 0.6 is 0 Å². The van der Waals surface area contributed by atoms with E-state index >= 15 is 0 Å². The van der Waals surface area contributed by atoms with Crippen molar-refractivity contribution in [2.24, 2.45) is 0 Å². The van der Waals surface area contributed by atoms with Gasteiger partial charge in [-0.3, -0.25) is 0 Å². The lowest BCUT2D eigenvalue weighted by Gasteiger charge is -2.32. The predicted octanol–water partition coefficient (Wildman–Crippen LogP) is 2.92. The Morgan fingerprint density at radius 2 is 1.78 bits per heavy atom. The monoisotopic (exact) mass is 259 g/mol. The molecule has 1 heterocycles. The predicted molar refractivity (Wildman–Crippen MR) is 67.1 cm³/mol. The van der Waals surface area contributed by atoms with Gasteiger partial charge in [-0.25, -0.2) is 8.78 Å². The van der Waals surface area contributed by atoms with Crippen molar-refractivity contribution < 1.29 is 24.9 Å². The molecule has 0 atom stereocenters. The van der Waals surface area contributed by atoms with E-state index in [1.807, 2.05) is 0 Å². The maximum Gasteiger partial charge on any atom is 0.494 e. The fourth-order valence-corrected chi connectivity index (χ4v) is 1.53. The maximum atomic E-state index is 13.5. The van der Waals surface area contributed by atoms with E-state index in [0.717, 1.165) is 0 Å². The molecule has 1 saturated heterocycles. The van der Waals surface area contributed by atoms with Crippen molar-refractivity contribution in [3.63, 3.8) is 0 Å². The summed E-state index contributed by atoms with van der Waals surface area (Å²) < 4.78 is 76.1. The minimum absolute atomic E-state index is 0.355. The second kappa shape index (κ2) is 4.32. The summed E-state index contributed by atoms with van der Waals surface area (Å²) in [5.41, 5.74) is -3.21. The topological polar surface area (TPSA) is 18.5 Å². The van der Waals surface area contributed by atoms with Crippen LogP contribution in [0.4, 0.5) is 8.78 Å². The van der Waals surface area contributed by atoms with E-state index in [2.05, 4.69) is 0 Å². The zero-order chi connectivity index (χ0) is 18.0. The molecule has 0 N–H and O–H groups in total. The van der Waals surface area contributed by atoms with Gasteiger partial charge in [-0.1, -0.05) is 24.2 Å². The van der Waals surface area contributed by atoms with Crippen molar-refractivity contribution in [3.8, 4) is 0 Å². The molecule has 0 unspecified atom stereocenters. The molecular weight excluding hydrogens is 237 g/mol. The van der Waals surface area contributed by atoms with Gasteiger partial charge in [0.05, 0.1) is 16.7 Å². The van der Waals surface area contributed by atoms with Crippen LogP contribution in [0.2, 0.25) is 0 Å². The Labute approximate surface area is 113 Å². The molecule has 1 aliphatic heterocycles. The van der Waals surface area contributed by atoms with Crippen LogP contribution in [0.25, 0.3) is 0 Å². The van der Waals surface area contributed by atoms with Gasteiger partial charge in [-0.15, -0.1) is 0 Å². The van der Waals surface area contributed by atoms with Crippen molar-refractivity contribution >= 4 is 12.6 Å². The zero-order valence-corrected chi connectivity index (χ0v) is 10.6. The Morgan fingerprint density at radius 1 is 1.22 bits per heavy atom. The first-order valence-corrected chi connectivity index (χ1v) is 5.55. The molecule has 98 valence electrons. The summed E-state index contributed by atoms with van der Waals surface area (Å²) in [6.45, 7) is 6.89. The summed E-state index contributed by atoms with van der Waals surface area (Å²) in [7, 11) is -1.29. The van der Waals surface area contributed by atoms with Crippen LogP contribution in [0.15, 0.2) is 24.2 Å². The highest BCUT2D eigenvalue weighted by Gasteiger charge is 2.51. The lowest BCUT2D eigenvalue weighted by atomic mass is 9.78.